The number of hydrogen-bond donors (Lipinski definition) is 0. The molecule has 1 aliphatic carbocycles. The van der Waals surface area contributed by atoms with Gasteiger partial charge in [0, 0.05) is 5.41 Å². The van der Waals surface area contributed by atoms with Gasteiger partial charge in [0.25, 0.3) is 0 Å². The van der Waals surface area contributed by atoms with Gasteiger partial charge in [-0.15, -0.1) is 0 Å². The van der Waals surface area contributed by atoms with Crippen LogP contribution < -0.4 is 0 Å². The average Bonchev–Trinajstić information content (AvgIpc) is 3.73. The molecule has 0 nitrogen and oxygen atoms in total. The number of rotatable bonds is 6. The van der Waals surface area contributed by atoms with Crippen molar-refractivity contribution in [3.63, 3.8) is 0 Å². The van der Waals surface area contributed by atoms with Crippen molar-refractivity contribution in [2.75, 3.05) is 0 Å². The first-order valence-electron chi connectivity index (χ1n) is 24.6. The average molecular weight is 895 g/mol. The standard InChI is InChI=1S/C25H18.C15H16.C13H12.6C2H6.2CH4/c1-3-11-19(12-4-1)25(20-13-5-2-6-14-20)23-17-9-7-15-21(23)22-16-8-10-18-24(22)25;1-15(2,13-9-5-3-6-10-13)14-11-7-4-8-12-14;1-3-7-12(8-4-1)11-13-9-5-2-6-10-13;6*1-2;;/h1-18H;3-12H,1-2H3;1-10H,11H2;6*1-2H3;2*1H4. The zero-order chi connectivity index (χ0) is 48.4. The van der Waals surface area contributed by atoms with Gasteiger partial charge in [-0.05, 0) is 62.1 Å². The van der Waals surface area contributed by atoms with E-state index in [1.807, 2.05) is 83.1 Å². The van der Waals surface area contributed by atoms with Crippen LogP contribution in [0.25, 0.3) is 11.1 Å². The summed E-state index contributed by atoms with van der Waals surface area (Å²) in [5, 5.41) is 0. The van der Waals surface area contributed by atoms with Crippen molar-refractivity contribution in [1.29, 1.82) is 0 Å². The van der Waals surface area contributed by atoms with E-state index in [9.17, 15) is 0 Å². The minimum Gasteiger partial charge on any atom is -0.0776 e. The third-order valence-electron chi connectivity index (χ3n) is 10.5. The Labute approximate surface area is 413 Å². The van der Waals surface area contributed by atoms with Crippen LogP contribution in [0, 0.1) is 0 Å². The molecule has 0 unspecified atom stereocenters. The van der Waals surface area contributed by atoms with E-state index in [1.165, 1.54) is 55.6 Å². The van der Waals surface area contributed by atoms with Crippen LogP contribution in [0.3, 0.4) is 0 Å². The van der Waals surface area contributed by atoms with Gasteiger partial charge in [-0.1, -0.05) is 342 Å². The van der Waals surface area contributed by atoms with Crippen molar-refractivity contribution in [2.45, 2.75) is 129 Å². The molecule has 0 radical (unpaired) electrons. The molecule has 0 fully saturated rings. The van der Waals surface area contributed by atoms with Crippen LogP contribution in [0.1, 0.15) is 156 Å². The molecule has 1 aliphatic rings. The molecule has 0 spiro atoms. The highest BCUT2D eigenvalue weighted by atomic mass is 14.5. The van der Waals surface area contributed by atoms with Crippen LogP contribution in [-0.2, 0) is 17.3 Å². The molecule has 8 aromatic rings. The topological polar surface area (TPSA) is 0 Å². The van der Waals surface area contributed by atoms with Gasteiger partial charge >= 0.3 is 0 Å². The van der Waals surface area contributed by atoms with Gasteiger partial charge in [0.05, 0.1) is 5.41 Å². The largest absolute Gasteiger partial charge is 0.0776 e. The van der Waals surface area contributed by atoms with Crippen molar-refractivity contribution >= 4 is 0 Å². The van der Waals surface area contributed by atoms with Crippen LogP contribution >= 0.6 is 0 Å². The second-order valence-electron chi connectivity index (χ2n) is 14.1. The molecule has 0 saturated heterocycles. The molecule has 0 amide bonds. The molecule has 0 aliphatic heterocycles. The lowest BCUT2D eigenvalue weighted by Crippen LogP contribution is -2.28. The lowest BCUT2D eigenvalue weighted by atomic mass is 9.68. The first-order valence-corrected chi connectivity index (χ1v) is 24.6. The number of benzene rings is 8. The Morgan fingerprint density at radius 2 is 0.507 bits per heavy atom. The summed E-state index contributed by atoms with van der Waals surface area (Å²) in [4.78, 5) is 0. The second-order valence-corrected chi connectivity index (χ2v) is 14.1. The summed E-state index contributed by atoms with van der Waals surface area (Å²) in [6, 6.07) is 81.8. The zero-order valence-corrected chi connectivity index (χ0v) is 42.6. The highest BCUT2D eigenvalue weighted by Crippen LogP contribution is 2.55. The maximum atomic E-state index is 2.29. The Balaban J connectivity index is 0. The maximum absolute atomic E-state index is 2.29. The van der Waals surface area contributed by atoms with E-state index >= 15 is 0 Å². The number of fused-ring (bicyclic) bond motifs is 3. The van der Waals surface area contributed by atoms with Crippen LogP contribution in [0.4, 0.5) is 0 Å². The zero-order valence-electron chi connectivity index (χ0n) is 42.6. The molecule has 9 rings (SSSR count). The molecule has 0 N–H and O–H groups in total. The van der Waals surface area contributed by atoms with Gasteiger partial charge in [-0.25, -0.2) is 0 Å². The highest BCUT2D eigenvalue weighted by Gasteiger charge is 2.45. The monoisotopic (exact) mass is 895 g/mol. The van der Waals surface area contributed by atoms with Crippen molar-refractivity contribution in [1.82, 2.24) is 0 Å². The Morgan fingerprint density at radius 3 is 0.791 bits per heavy atom. The molecule has 0 atom stereocenters. The summed E-state index contributed by atoms with van der Waals surface area (Å²) >= 11 is 0. The Morgan fingerprint density at radius 1 is 0.284 bits per heavy atom. The molecule has 67 heavy (non-hydrogen) atoms. The highest BCUT2D eigenvalue weighted by molar-refractivity contribution is 5.86. The van der Waals surface area contributed by atoms with E-state index in [4.69, 9.17) is 0 Å². The predicted octanol–water partition coefficient (Wildman–Crippen LogP) is 20.8. The molecule has 0 heterocycles. The minimum atomic E-state index is -0.254. The summed E-state index contributed by atoms with van der Waals surface area (Å²) in [5.74, 6) is 0. The van der Waals surface area contributed by atoms with Gasteiger partial charge in [-0.3, -0.25) is 0 Å². The Bertz CT molecular complexity index is 2130. The molecule has 0 heteroatoms. The van der Waals surface area contributed by atoms with E-state index in [0.717, 1.165) is 6.42 Å². The Kier molecular flexibility index (Phi) is 34.6. The molecule has 0 saturated carbocycles. The van der Waals surface area contributed by atoms with Crippen LogP contribution in [0.2, 0.25) is 0 Å². The van der Waals surface area contributed by atoms with Crippen LogP contribution in [0.15, 0.2) is 231 Å². The lowest BCUT2D eigenvalue weighted by Gasteiger charge is -2.33. The van der Waals surface area contributed by atoms with Gasteiger partial charge in [0.15, 0.2) is 0 Å². The summed E-state index contributed by atoms with van der Waals surface area (Å²) in [6.45, 7) is 28.5. The molecule has 8 aromatic carbocycles. The molecular weight excluding hydrogens is 805 g/mol. The SMILES string of the molecule is C.C.CC.CC.CC.CC.CC.CC.CC(C)(c1ccccc1)c1ccccc1.c1ccc(C2(c3ccccc3)c3ccccc3-c3ccccc32)cc1.c1ccc(Cc2ccccc2)cc1. The fourth-order valence-electron chi connectivity index (χ4n) is 7.70. The van der Waals surface area contributed by atoms with Crippen molar-refractivity contribution in [3.05, 3.63) is 275 Å². The fourth-order valence-corrected chi connectivity index (χ4v) is 7.70. The molecular formula is C67H90. The van der Waals surface area contributed by atoms with Crippen molar-refractivity contribution in [2.24, 2.45) is 0 Å². The third kappa shape index (κ3) is 17.2. The summed E-state index contributed by atoms with van der Waals surface area (Å²) in [5.41, 5.74) is 13.3. The first kappa shape index (κ1) is 62.8. The fraction of sp³-hybridized carbons (Fsp3) is 0.284. The summed E-state index contributed by atoms with van der Waals surface area (Å²) in [7, 11) is 0. The Hall–Kier alpha value is -6.24. The van der Waals surface area contributed by atoms with Gasteiger partial charge in [0.2, 0.25) is 0 Å². The van der Waals surface area contributed by atoms with Crippen LogP contribution in [0.5, 0.6) is 0 Å². The van der Waals surface area contributed by atoms with Gasteiger partial charge < -0.3 is 0 Å². The molecule has 0 bridgehead atoms. The van der Waals surface area contributed by atoms with E-state index in [1.54, 1.807) is 0 Å². The van der Waals surface area contributed by atoms with E-state index in [2.05, 4.69) is 244 Å². The van der Waals surface area contributed by atoms with E-state index < -0.39 is 0 Å². The molecule has 0 aromatic heterocycles. The van der Waals surface area contributed by atoms with Gasteiger partial charge in [0.1, 0.15) is 0 Å². The number of hydrogen-bond acceptors (Lipinski definition) is 0. The summed E-state index contributed by atoms with van der Waals surface area (Å²) < 4.78 is 0. The van der Waals surface area contributed by atoms with Crippen LogP contribution in [-0.4, -0.2) is 0 Å². The van der Waals surface area contributed by atoms with Crippen molar-refractivity contribution in [3.8, 4) is 11.1 Å². The third-order valence-corrected chi connectivity index (χ3v) is 10.5. The van der Waals surface area contributed by atoms with E-state index in [0.29, 0.717) is 0 Å². The van der Waals surface area contributed by atoms with Crippen molar-refractivity contribution < 1.29 is 0 Å². The smallest absolute Gasteiger partial charge is 0.0713 e. The molecule has 358 valence electrons. The maximum Gasteiger partial charge on any atom is 0.0713 e. The first-order chi connectivity index (χ1) is 32.1. The minimum absolute atomic E-state index is 0. The van der Waals surface area contributed by atoms with Gasteiger partial charge in [-0.2, -0.15) is 0 Å². The quantitative estimate of drug-likeness (QED) is 0.156. The second kappa shape index (κ2) is 36.9. The normalized spacial score (nSPS) is 10.2. The lowest BCUT2D eigenvalue weighted by molar-refractivity contribution is 0.641. The predicted molar refractivity (Wildman–Crippen MR) is 306 cm³/mol. The summed E-state index contributed by atoms with van der Waals surface area (Å²) in [6.07, 6.45) is 1.03. The van der Waals surface area contributed by atoms with E-state index in [-0.39, 0.29) is 25.7 Å².